The molecule has 0 aliphatic carbocycles. The van der Waals surface area contributed by atoms with E-state index in [4.69, 9.17) is 0 Å². The Kier molecular flexibility index (Phi) is 9.59. The molecule has 3 nitrogen and oxygen atoms in total. The second kappa shape index (κ2) is 10.2. The van der Waals surface area contributed by atoms with Gasteiger partial charge < -0.3 is 4.74 Å². The summed E-state index contributed by atoms with van der Waals surface area (Å²) >= 11 is 0. The SMILES string of the molecule is CCCCCCCN=CCC(=O)OC. The Bertz CT molecular complexity index is 167. The summed E-state index contributed by atoms with van der Waals surface area (Å²) in [5.41, 5.74) is 0. The molecule has 0 aromatic heterocycles. The number of hydrogen-bond donors (Lipinski definition) is 0. The van der Waals surface area contributed by atoms with Gasteiger partial charge in [-0.05, 0) is 6.42 Å². The van der Waals surface area contributed by atoms with Crippen LogP contribution in [-0.4, -0.2) is 25.8 Å². The highest BCUT2D eigenvalue weighted by atomic mass is 16.5. The van der Waals surface area contributed by atoms with Gasteiger partial charge in [0.1, 0.15) is 0 Å². The third-order valence-corrected chi connectivity index (χ3v) is 2.01. The summed E-state index contributed by atoms with van der Waals surface area (Å²) in [5, 5.41) is 0. The second-order valence-electron chi connectivity index (χ2n) is 3.28. The average Bonchev–Trinajstić information content (AvgIpc) is 2.21. The zero-order chi connectivity index (χ0) is 10.6. The molecule has 0 aliphatic rings. The Hall–Kier alpha value is -0.860. The topological polar surface area (TPSA) is 38.7 Å². The van der Waals surface area contributed by atoms with Crippen molar-refractivity contribution in [3.05, 3.63) is 0 Å². The standard InChI is InChI=1S/C11H21NO2/c1-3-4-5-6-7-9-12-10-8-11(13)14-2/h10H,3-9H2,1-2H3. The van der Waals surface area contributed by atoms with Gasteiger partial charge in [-0.2, -0.15) is 0 Å². The highest BCUT2D eigenvalue weighted by Gasteiger charge is 1.93. The summed E-state index contributed by atoms with van der Waals surface area (Å²) in [5.74, 6) is -0.222. The van der Waals surface area contributed by atoms with Crippen molar-refractivity contribution < 1.29 is 9.53 Å². The van der Waals surface area contributed by atoms with Crippen molar-refractivity contribution in [3.63, 3.8) is 0 Å². The Balaban J connectivity index is 3.15. The first kappa shape index (κ1) is 13.1. The lowest BCUT2D eigenvalue weighted by Gasteiger charge is -1.96. The number of carbonyl (C=O) groups is 1. The monoisotopic (exact) mass is 199 g/mol. The molecule has 0 aromatic carbocycles. The van der Waals surface area contributed by atoms with Crippen LogP contribution in [0.1, 0.15) is 45.4 Å². The molecule has 14 heavy (non-hydrogen) atoms. The van der Waals surface area contributed by atoms with Crippen LogP contribution in [0.3, 0.4) is 0 Å². The van der Waals surface area contributed by atoms with Crippen LogP contribution < -0.4 is 0 Å². The van der Waals surface area contributed by atoms with Crippen molar-refractivity contribution in [2.45, 2.75) is 45.4 Å². The van der Waals surface area contributed by atoms with E-state index in [1.165, 1.54) is 32.8 Å². The van der Waals surface area contributed by atoms with Gasteiger partial charge in [-0.3, -0.25) is 9.79 Å². The van der Waals surface area contributed by atoms with Crippen LogP contribution in [-0.2, 0) is 9.53 Å². The molecule has 0 spiro atoms. The van der Waals surface area contributed by atoms with Gasteiger partial charge >= 0.3 is 5.97 Å². The van der Waals surface area contributed by atoms with Gasteiger partial charge in [0.05, 0.1) is 13.5 Å². The molecule has 0 heterocycles. The molecule has 0 rings (SSSR count). The van der Waals surface area contributed by atoms with Crippen LogP contribution in [0.15, 0.2) is 4.99 Å². The smallest absolute Gasteiger partial charge is 0.310 e. The summed E-state index contributed by atoms with van der Waals surface area (Å²) in [7, 11) is 1.39. The molecule has 3 heteroatoms. The maximum Gasteiger partial charge on any atom is 0.310 e. The molecule has 0 aromatic rings. The maximum atomic E-state index is 10.7. The molecule has 0 saturated heterocycles. The Morgan fingerprint density at radius 3 is 2.64 bits per heavy atom. The summed E-state index contributed by atoms with van der Waals surface area (Å²) in [6.45, 7) is 3.04. The van der Waals surface area contributed by atoms with Gasteiger partial charge in [-0.15, -0.1) is 0 Å². The molecule has 0 N–H and O–H groups in total. The van der Waals surface area contributed by atoms with Crippen molar-refractivity contribution in [2.24, 2.45) is 4.99 Å². The minimum absolute atomic E-state index is 0.222. The summed E-state index contributed by atoms with van der Waals surface area (Å²) < 4.78 is 4.48. The first-order valence-electron chi connectivity index (χ1n) is 5.36. The average molecular weight is 199 g/mol. The molecular formula is C11H21NO2. The first-order valence-corrected chi connectivity index (χ1v) is 5.36. The number of nitrogens with zero attached hydrogens (tertiary/aromatic N) is 1. The van der Waals surface area contributed by atoms with E-state index in [-0.39, 0.29) is 5.97 Å². The quantitative estimate of drug-likeness (QED) is 0.342. The van der Waals surface area contributed by atoms with Gasteiger partial charge in [0.2, 0.25) is 0 Å². The number of esters is 1. The van der Waals surface area contributed by atoms with Gasteiger partial charge in [0, 0.05) is 12.8 Å². The van der Waals surface area contributed by atoms with E-state index in [1.54, 1.807) is 6.21 Å². The number of rotatable bonds is 8. The minimum atomic E-state index is -0.222. The lowest BCUT2D eigenvalue weighted by Crippen LogP contribution is -2.00. The van der Waals surface area contributed by atoms with Crippen molar-refractivity contribution >= 4 is 12.2 Å². The highest BCUT2D eigenvalue weighted by molar-refractivity contribution is 5.85. The molecule has 0 saturated carbocycles. The predicted octanol–water partition coefficient (Wildman–Crippen LogP) is 2.59. The van der Waals surface area contributed by atoms with Gasteiger partial charge in [0.15, 0.2) is 0 Å². The normalized spacial score (nSPS) is 10.7. The second-order valence-corrected chi connectivity index (χ2v) is 3.28. The minimum Gasteiger partial charge on any atom is -0.469 e. The molecule has 0 bridgehead atoms. The van der Waals surface area contributed by atoms with Gasteiger partial charge in [-0.1, -0.05) is 32.6 Å². The number of carbonyl (C=O) groups excluding carboxylic acids is 1. The molecular weight excluding hydrogens is 178 g/mol. The zero-order valence-corrected chi connectivity index (χ0v) is 9.29. The van der Waals surface area contributed by atoms with E-state index in [9.17, 15) is 4.79 Å². The lowest BCUT2D eigenvalue weighted by molar-refractivity contribution is -0.139. The molecule has 0 aliphatic heterocycles. The van der Waals surface area contributed by atoms with E-state index in [0.717, 1.165) is 13.0 Å². The van der Waals surface area contributed by atoms with E-state index in [0.29, 0.717) is 6.42 Å². The zero-order valence-electron chi connectivity index (χ0n) is 9.29. The van der Waals surface area contributed by atoms with Gasteiger partial charge in [0.25, 0.3) is 0 Å². The molecule has 0 radical (unpaired) electrons. The van der Waals surface area contributed by atoms with Crippen molar-refractivity contribution in [1.29, 1.82) is 0 Å². The number of methoxy groups -OCH3 is 1. The fourth-order valence-electron chi connectivity index (χ4n) is 1.12. The fraction of sp³-hybridized carbons (Fsp3) is 0.818. The summed E-state index contributed by atoms with van der Waals surface area (Å²) in [6.07, 6.45) is 8.18. The molecule has 82 valence electrons. The largest absolute Gasteiger partial charge is 0.469 e. The van der Waals surface area contributed by atoms with Gasteiger partial charge in [-0.25, -0.2) is 0 Å². The predicted molar refractivity (Wildman–Crippen MR) is 58.8 cm³/mol. The first-order chi connectivity index (χ1) is 6.81. The van der Waals surface area contributed by atoms with E-state index < -0.39 is 0 Å². The van der Waals surface area contributed by atoms with Crippen molar-refractivity contribution in [3.8, 4) is 0 Å². The number of aliphatic imine (C=N–C) groups is 1. The van der Waals surface area contributed by atoms with Crippen molar-refractivity contribution in [1.82, 2.24) is 0 Å². The molecule has 0 amide bonds. The maximum absolute atomic E-state index is 10.7. The van der Waals surface area contributed by atoms with Crippen LogP contribution in [0.25, 0.3) is 0 Å². The summed E-state index contributed by atoms with van der Waals surface area (Å²) in [6, 6.07) is 0. The lowest BCUT2D eigenvalue weighted by atomic mass is 10.2. The highest BCUT2D eigenvalue weighted by Crippen LogP contribution is 2.01. The Morgan fingerprint density at radius 2 is 2.00 bits per heavy atom. The van der Waals surface area contributed by atoms with Crippen LogP contribution in [0.4, 0.5) is 0 Å². The molecule has 0 fully saturated rings. The molecule has 0 unspecified atom stereocenters. The van der Waals surface area contributed by atoms with Crippen LogP contribution >= 0.6 is 0 Å². The molecule has 0 atom stereocenters. The van der Waals surface area contributed by atoms with E-state index >= 15 is 0 Å². The third-order valence-electron chi connectivity index (χ3n) is 2.01. The summed E-state index contributed by atoms with van der Waals surface area (Å²) in [4.78, 5) is 14.8. The Labute approximate surface area is 86.6 Å². The van der Waals surface area contributed by atoms with E-state index in [1.807, 2.05) is 0 Å². The number of ether oxygens (including phenoxy) is 1. The van der Waals surface area contributed by atoms with Crippen molar-refractivity contribution in [2.75, 3.05) is 13.7 Å². The Morgan fingerprint density at radius 1 is 1.29 bits per heavy atom. The number of hydrogen-bond acceptors (Lipinski definition) is 3. The fourth-order valence-corrected chi connectivity index (χ4v) is 1.12. The van der Waals surface area contributed by atoms with Crippen LogP contribution in [0.5, 0.6) is 0 Å². The van der Waals surface area contributed by atoms with E-state index in [2.05, 4.69) is 16.7 Å². The van der Waals surface area contributed by atoms with Crippen LogP contribution in [0.2, 0.25) is 0 Å². The van der Waals surface area contributed by atoms with Crippen LogP contribution in [0, 0.1) is 0 Å². The third kappa shape index (κ3) is 9.23. The number of unbranched alkanes of at least 4 members (excludes halogenated alkanes) is 4.